The van der Waals surface area contributed by atoms with Gasteiger partial charge in [0.05, 0.1) is 16.9 Å². The number of hydrogen-bond donors (Lipinski definition) is 1. The highest BCUT2D eigenvalue weighted by Crippen LogP contribution is 2.19. The zero-order valence-corrected chi connectivity index (χ0v) is 7.83. The van der Waals surface area contributed by atoms with Crippen LogP contribution in [-0.4, -0.2) is 12.0 Å². The van der Waals surface area contributed by atoms with Gasteiger partial charge in [0.2, 0.25) is 0 Å². The van der Waals surface area contributed by atoms with Gasteiger partial charge < -0.3 is 5.32 Å². The summed E-state index contributed by atoms with van der Waals surface area (Å²) in [5.41, 5.74) is 3.19. The molecule has 13 heavy (non-hydrogen) atoms. The van der Waals surface area contributed by atoms with Crippen molar-refractivity contribution in [1.82, 2.24) is 4.98 Å². The van der Waals surface area contributed by atoms with Crippen LogP contribution in [0.25, 0.3) is 10.9 Å². The number of benzene rings is 1. The van der Waals surface area contributed by atoms with Crippen LogP contribution in [0.2, 0.25) is 0 Å². The fourth-order valence-corrected chi connectivity index (χ4v) is 1.47. The van der Waals surface area contributed by atoms with Gasteiger partial charge >= 0.3 is 0 Å². The number of anilines is 1. The molecule has 0 aliphatic rings. The van der Waals surface area contributed by atoms with Crippen molar-refractivity contribution < 1.29 is 0 Å². The minimum Gasteiger partial charge on any atom is -0.387 e. The van der Waals surface area contributed by atoms with E-state index in [1.54, 1.807) is 0 Å². The summed E-state index contributed by atoms with van der Waals surface area (Å²) in [5, 5.41) is 4.30. The lowest BCUT2D eigenvalue weighted by molar-refractivity contribution is 1.24. The number of aromatic nitrogens is 1. The Morgan fingerprint density at radius 1 is 1.23 bits per heavy atom. The summed E-state index contributed by atoms with van der Waals surface area (Å²) in [6, 6.07) is 10.3. The Balaban J connectivity index is 2.74. The quantitative estimate of drug-likeness (QED) is 0.715. The normalized spacial score (nSPS) is 10.3. The van der Waals surface area contributed by atoms with Gasteiger partial charge in [0.15, 0.2) is 0 Å². The van der Waals surface area contributed by atoms with Crippen molar-refractivity contribution in [2.75, 3.05) is 12.4 Å². The summed E-state index contributed by atoms with van der Waals surface area (Å²) in [6.07, 6.45) is 0. The molecular weight excluding hydrogens is 160 g/mol. The van der Waals surface area contributed by atoms with Crippen LogP contribution in [0.4, 0.5) is 5.69 Å². The van der Waals surface area contributed by atoms with Gasteiger partial charge in [-0.3, -0.25) is 4.98 Å². The van der Waals surface area contributed by atoms with Gasteiger partial charge in [-0.05, 0) is 19.1 Å². The van der Waals surface area contributed by atoms with Gasteiger partial charge in [0.1, 0.15) is 0 Å². The van der Waals surface area contributed by atoms with E-state index < -0.39 is 0 Å². The second kappa shape index (κ2) is 3.05. The Morgan fingerprint density at radius 2 is 2.00 bits per heavy atom. The number of aryl methyl sites for hydroxylation is 1. The smallest absolute Gasteiger partial charge is 0.0706 e. The lowest BCUT2D eigenvalue weighted by Gasteiger charge is -2.05. The Hall–Kier alpha value is -1.57. The highest BCUT2D eigenvalue weighted by Gasteiger charge is 1.99. The standard InChI is InChI=1S/C11H12N2/c1-8-11(12-2)7-9-5-3-4-6-10(9)13-8/h3-7,12H,1-2H3. The lowest BCUT2D eigenvalue weighted by atomic mass is 10.2. The maximum atomic E-state index is 4.48. The number of nitrogens with zero attached hydrogens (tertiary/aromatic N) is 1. The minimum atomic E-state index is 1.04. The third-order valence-corrected chi connectivity index (χ3v) is 2.18. The zero-order valence-electron chi connectivity index (χ0n) is 7.83. The average Bonchev–Trinajstić information content (AvgIpc) is 2.17. The van der Waals surface area contributed by atoms with Gasteiger partial charge in [-0.25, -0.2) is 0 Å². The molecule has 2 aromatic rings. The van der Waals surface area contributed by atoms with Crippen molar-refractivity contribution in [3.63, 3.8) is 0 Å². The predicted octanol–water partition coefficient (Wildman–Crippen LogP) is 2.58. The summed E-state index contributed by atoms with van der Waals surface area (Å²) in [5.74, 6) is 0. The number of fused-ring (bicyclic) bond motifs is 1. The number of nitrogens with one attached hydrogen (secondary N) is 1. The van der Waals surface area contributed by atoms with Crippen molar-refractivity contribution in [2.24, 2.45) is 0 Å². The van der Waals surface area contributed by atoms with Gasteiger partial charge in [-0.2, -0.15) is 0 Å². The fraction of sp³-hybridized carbons (Fsp3) is 0.182. The van der Waals surface area contributed by atoms with Crippen LogP contribution in [0.1, 0.15) is 5.69 Å². The molecule has 0 saturated carbocycles. The largest absolute Gasteiger partial charge is 0.387 e. The van der Waals surface area contributed by atoms with Crippen LogP contribution >= 0.6 is 0 Å². The second-order valence-corrected chi connectivity index (χ2v) is 3.06. The minimum absolute atomic E-state index is 1.04. The molecule has 0 atom stereocenters. The molecular formula is C11H12N2. The lowest BCUT2D eigenvalue weighted by Crippen LogP contribution is -1.94. The molecule has 2 rings (SSSR count). The van der Waals surface area contributed by atoms with Crippen molar-refractivity contribution in [1.29, 1.82) is 0 Å². The number of rotatable bonds is 1. The molecule has 1 N–H and O–H groups in total. The molecule has 0 radical (unpaired) electrons. The van der Waals surface area contributed by atoms with Gasteiger partial charge in [-0.1, -0.05) is 18.2 Å². The summed E-state index contributed by atoms with van der Waals surface area (Å²) in [7, 11) is 1.92. The van der Waals surface area contributed by atoms with Crippen molar-refractivity contribution in [3.8, 4) is 0 Å². The van der Waals surface area contributed by atoms with E-state index in [2.05, 4.69) is 22.4 Å². The van der Waals surface area contributed by atoms with Crippen LogP contribution in [0, 0.1) is 6.92 Å². The molecule has 0 saturated heterocycles. The molecule has 2 heteroatoms. The maximum Gasteiger partial charge on any atom is 0.0706 e. The van der Waals surface area contributed by atoms with Gasteiger partial charge in [-0.15, -0.1) is 0 Å². The van der Waals surface area contributed by atoms with Crippen molar-refractivity contribution in [2.45, 2.75) is 6.92 Å². The van der Waals surface area contributed by atoms with E-state index in [9.17, 15) is 0 Å². The monoisotopic (exact) mass is 172 g/mol. The van der Waals surface area contributed by atoms with Gasteiger partial charge in [0, 0.05) is 12.4 Å². The average molecular weight is 172 g/mol. The van der Waals surface area contributed by atoms with E-state index in [4.69, 9.17) is 0 Å². The number of hydrogen-bond acceptors (Lipinski definition) is 2. The molecule has 2 nitrogen and oxygen atoms in total. The third kappa shape index (κ3) is 1.35. The SMILES string of the molecule is CNc1cc2ccccc2nc1C. The van der Waals surface area contributed by atoms with Crippen molar-refractivity contribution >= 4 is 16.6 Å². The first-order valence-electron chi connectivity index (χ1n) is 4.35. The molecule has 0 aliphatic heterocycles. The molecule has 66 valence electrons. The second-order valence-electron chi connectivity index (χ2n) is 3.06. The molecule has 0 bridgehead atoms. The van der Waals surface area contributed by atoms with Gasteiger partial charge in [0.25, 0.3) is 0 Å². The molecule has 0 fully saturated rings. The van der Waals surface area contributed by atoms with E-state index >= 15 is 0 Å². The zero-order chi connectivity index (χ0) is 9.26. The molecule has 0 aliphatic carbocycles. The highest BCUT2D eigenvalue weighted by atomic mass is 14.9. The fourth-order valence-electron chi connectivity index (χ4n) is 1.47. The van der Waals surface area contributed by atoms with Crippen LogP contribution in [0.15, 0.2) is 30.3 Å². The number of pyridine rings is 1. The topological polar surface area (TPSA) is 24.9 Å². The van der Waals surface area contributed by atoms with Crippen LogP contribution in [-0.2, 0) is 0 Å². The van der Waals surface area contributed by atoms with E-state index in [0.29, 0.717) is 0 Å². The summed E-state index contributed by atoms with van der Waals surface area (Å²) in [6.45, 7) is 2.01. The Kier molecular flexibility index (Phi) is 1.89. The predicted molar refractivity (Wildman–Crippen MR) is 56.0 cm³/mol. The highest BCUT2D eigenvalue weighted by molar-refractivity contribution is 5.82. The first-order chi connectivity index (χ1) is 6.31. The molecule has 0 amide bonds. The van der Waals surface area contributed by atoms with Crippen molar-refractivity contribution in [3.05, 3.63) is 36.0 Å². The molecule has 0 unspecified atom stereocenters. The van der Waals surface area contributed by atoms with E-state index in [1.165, 1.54) is 5.39 Å². The summed E-state index contributed by atoms with van der Waals surface area (Å²) < 4.78 is 0. The molecule has 1 heterocycles. The first kappa shape index (κ1) is 8.05. The summed E-state index contributed by atoms with van der Waals surface area (Å²) >= 11 is 0. The molecule has 1 aromatic heterocycles. The maximum absolute atomic E-state index is 4.48. The van der Waals surface area contributed by atoms with Crippen LogP contribution < -0.4 is 5.32 Å². The van der Waals surface area contributed by atoms with E-state index in [-0.39, 0.29) is 0 Å². The first-order valence-corrected chi connectivity index (χ1v) is 4.35. The Morgan fingerprint density at radius 3 is 2.77 bits per heavy atom. The summed E-state index contributed by atoms with van der Waals surface area (Å²) in [4.78, 5) is 4.48. The third-order valence-electron chi connectivity index (χ3n) is 2.18. The molecule has 1 aromatic carbocycles. The van der Waals surface area contributed by atoms with Crippen LogP contribution in [0.5, 0.6) is 0 Å². The van der Waals surface area contributed by atoms with Crippen LogP contribution in [0.3, 0.4) is 0 Å². The van der Waals surface area contributed by atoms with E-state index in [1.807, 2.05) is 32.2 Å². The van der Waals surface area contributed by atoms with E-state index in [0.717, 1.165) is 16.9 Å². The number of para-hydroxylation sites is 1. The Bertz CT molecular complexity index is 435. The molecule has 0 spiro atoms. The Labute approximate surface area is 77.6 Å².